The zero-order valence-corrected chi connectivity index (χ0v) is 13.0. The molecule has 2 fully saturated rings. The van der Waals surface area contributed by atoms with Crippen LogP contribution in [0, 0.1) is 0 Å². The molecule has 2 atom stereocenters. The van der Waals surface area contributed by atoms with Crippen LogP contribution in [0.5, 0.6) is 0 Å². The molecule has 0 aromatic rings. The van der Waals surface area contributed by atoms with Crippen molar-refractivity contribution in [2.75, 3.05) is 46.2 Å². The standard InChI is InChI=1S/C14H26N2O2S/c1-15(12-4-3-5-13(12)19-2)7-6-14(17)16-8-10-18-11-9-16/h12-13H,3-11H2,1-2H3/t12-,13+/m1/s1. The van der Waals surface area contributed by atoms with Crippen molar-refractivity contribution in [3.8, 4) is 0 Å². The van der Waals surface area contributed by atoms with Crippen LogP contribution in [0.25, 0.3) is 0 Å². The molecule has 1 heterocycles. The number of amides is 1. The van der Waals surface area contributed by atoms with Gasteiger partial charge >= 0.3 is 0 Å². The summed E-state index contributed by atoms with van der Waals surface area (Å²) in [7, 11) is 2.17. The van der Waals surface area contributed by atoms with Gasteiger partial charge in [-0.15, -0.1) is 0 Å². The predicted octanol–water partition coefficient (Wildman–Crippen LogP) is 1.45. The molecule has 110 valence electrons. The minimum absolute atomic E-state index is 0.286. The van der Waals surface area contributed by atoms with Crippen molar-refractivity contribution < 1.29 is 9.53 Å². The van der Waals surface area contributed by atoms with Crippen molar-refractivity contribution in [1.29, 1.82) is 0 Å². The van der Waals surface area contributed by atoms with Gasteiger partial charge in [-0.3, -0.25) is 4.79 Å². The molecule has 1 aliphatic carbocycles. The molecule has 19 heavy (non-hydrogen) atoms. The van der Waals surface area contributed by atoms with Gasteiger partial charge in [0.1, 0.15) is 0 Å². The van der Waals surface area contributed by atoms with E-state index in [0.717, 1.165) is 24.9 Å². The van der Waals surface area contributed by atoms with E-state index in [9.17, 15) is 4.79 Å². The van der Waals surface area contributed by atoms with Crippen molar-refractivity contribution in [3.63, 3.8) is 0 Å². The lowest BCUT2D eigenvalue weighted by Gasteiger charge is -2.31. The average molecular weight is 286 g/mol. The van der Waals surface area contributed by atoms with Crippen molar-refractivity contribution >= 4 is 17.7 Å². The second kappa shape index (κ2) is 7.50. The summed E-state index contributed by atoms with van der Waals surface area (Å²) in [6.07, 6.45) is 6.79. The molecule has 1 saturated heterocycles. The molecule has 1 aliphatic heterocycles. The normalized spacial score (nSPS) is 28.1. The van der Waals surface area contributed by atoms with Gasteiger partial charge in [0.25, 0.3) is 0 Å². The van der Waals surface area contributed by atoms with Crippen LogP contribution >= 0.6 is 11.8 Å². The van der Waals surface area contributed by atoms with Gasteiger partial charge in [-0.25, -0.2) is 0 Å². The van der Waals surface area contributed by atoms with Crippen LogP contribution in [-0.4, -0.2) is 73.2 Å². The first kappa shape index (κ1) is 15.1. The SMILES string of the molecule is CS[C@H]1CCC[C@H]1N(C)CCC(=O)N1CCOCC1. The van der Waals surface area contributed by atoms with Gasteiger partial charge in [-0.1, -0.05) is 6.42 Å². The van der Waals surface area contributed by atoms with Gasteiger partial charge in [-0.05, 0) is 26.1 Å². The summed E-state index contributed by atoms with van der Waals surface area (Å²) < 4.78 is 5.28. The van der Waals surface area contributed by atoms with E-state index >= 15 is 0 Å². The number of thioether (sulfide) groups is 1. The lowest BCUT2D eigenvalue weighted by Crippen LogP contribution is -2.43. The van der Waals surface area contributed by atoms with Gasteiger partial charge in [0.15, 0.2) is 0 Å². The Balaban J connectivity index is 1.73. The van der Waals surface area contributed by atoms with Crippen LogP contribution < -0.4 is 0 Å². The molecule has 0 radical (unpaired) electrons. The monoisotopic (exact) mass is 286 g/mol. The number of ether oxygens (including phenoxy) is 1. The molecule has 0 spiro atoms. The molecule has 0 bridgehead atoms. The number of hydrogen-bond donors (Lipinski definition) is 0. The maximum atomic E-state index is 12.1. The Morgan fingerprint density at radius 2 is 2.11 bits per heavy atom. The first-order valence-corrected chi connectivity index (χ1v) is 8.59. The third kappa shape index (κ3) is 4.10. The van der Waals surface area contributed by atoms with Gasteiger partial charge in [0.05, 0.1) is 13.2 Å². The minimum Gasteiger partial charge on any atom is -0.378 e. The van der Waals surface area contributed by atoms with Crippen LogP contribution in [-0.2, 0) is 9.53 Å². The predicted molar refractivity (Wildman–Crippen MR) is 79.6 cm³/mol. The molecule has 2 aliphatic rings. The van der Waals surface area contributed by atoms with E-state index in [1.807, 2.05) is 16.7 Å². The highest BCUT2D eigenvalue weighted by molar-refractivity contribution is 7.99. The topological polar surface area (TPSA) is 32.8 Å². The van der Waals surface area contributed by atoms with E-state index in [2.05, 4.69) is 18.2 Å². The van der Waals surface area contributed by atoms with E-state index < -0.39 is 0 Å². The Labute approximate surface area is 120 Å². The zero-order valence-electron chi connectivity index (χ0n) is 12.1. The molecular weight excluding hydrogens is 260 g/mol. The average Bonchev–Trinajstić information content (AvgIpc) is 2.93. The smallest absolute Gasteiger partial charge is 0.224 e. The summed E-state index contributed by atoms with van der Waals surface area (Å²) >= 11 is 1.98. The van der Waals surface area contributed by atoms with Crippen LogP contribution in [0.2, 0.25) is 0 Å². The molecule has 0 unspecified atom stereocenters. The summed E-state index contributed by atoms with van der Waals surface area (Å²) in [5.74, 6) is 0.286. The fourth-order valence-electron chi connectivity index (χ4n) is 3.09. The van der Waals surface area contributed by atoms with Crippen molar-refractivity contribution in [2.45, 2.75) is 37.0 Å². The molecule has 2 rings (SSSR count). The van der Waals surface area contributed by atoms with Crippen LogP contribution in [0.4, 0.5) is 0 Å². The summed E-state index contributed by atoms with van der Waals surface area (Å²) in [4.78, 5) is 16.4. The summed E-state index contributed by atoms with van der Waals surface area (Å²) in [5, 5.41) is 0.753. The quantitative estimate of drug-likeness (QED) is 0.766. The van der Waals surface area contributed by atoms with E-state index in [-0.39, 0.29) is 5.91 Å². The largest absolute Gasteiger partial charge is 0.378 e. The van der Waals surface area contributed by atoms with E-state index in [1.165, 1.54) is 19.3 Å². The maximum absolute atomic E-state index is 12.1. The van der Waals surface area contributed by atoms with Crippen LogP contribution in [0.3, 0.4) is 0 Å². The second-order valence-corrected chi connectivity index (χ2v) is 6.57. The Kier molecular flexibility index (Phi) is 5.98. The van der Waals surface area contributed by atoms with E-state index in [0.29, 0.717) is 25.7 Å². The number of hydrogen-bond acceptors (Lipinski definition) is 4. The zero-order chi connectivity index (χ0) is 13.7. The molecule has 5 heteroatoms. The summed E-state index contributed by atoms with van der Waals surface area (Å²) in [6, 6.07) is 0.660. The third-order valence-corrected chi connectivity index (χ3v) is 5.48. The molecule has 1 amide bonds. The molecular formula is C14H26N2O2S. The Morgan fingerprint density at radius 1 is 1.37 bits per heavy atom. The number of nitrogens with zero attached hydrogens (tertiary/aromatic N) is 2. The number of morpholine rings is 1. The number of carbonyl (C=O) groups is 1. The van der Waals surface area contributed by atoms with Gasteiger partial charge in [0, 0.05) is 37.3 Å². The fourth-order valence-corrected chi connectivity index (χ4v) is 4.15. The van der Waals surface area contributed by atoms with E-state index in [4.69, 9.17) is 4.74 Å². The fraction of sp³-hybridized carbons (Fsp3) is 0.929. The third-order valence-electron chi connectivity index (χ3n) is 4.33. The lowest BCUT2D eigenvalue weighted by atomic mass is 10.2. The van der Waals surface area contributed by atoms with Gasteiger partial charge in [0.2, 0.25) is 5.91 Å². The highest BCUT2D eigenvalue weighted by Crippen LogP contribution is 2.31. The molecule has 0 aromatic heterocycles. The lowest BCUT2D eigenvalue weighted by molar-refractivity contribution is -0.135. The maximum Gasteiger partial charge on any atom is 0.224 e. The minimum atomic E-state index is 0.286. The van der Waals surface area contributed by atoms with E-state index in [1.54, 1.807) is 0 Å². The first-order chi connectivity index (χ1) is 9.22. The molecule has 1 saturated carbocycles. The second-order valence-electron chi connectivity index (χ2n) is 5.50. The van der Waals surface area contributed by atoms with Crippen molar-refractivity contribution in [2.24, 2.45) is 0 Å². The number of rotatable bonds is 5. The Morgan fingerprint density at radius 3 is 2.79 bits per heavy atom. The highest BCUT2D eigenvalue weighted by atomic mass is 32.2. The Bertz CT molecular complexity index is 295. The van der Waals surface area contributed by atoms with Crippen LogP contribution in [0.1, 0.15) is 25.7 Å². The van der Waals surface area contributed by atoms with Crippen LogP contribution in [0.15, 0.2) is 0 Å². The summed E-state index contributed by atoms with van der Waals surface area (Å²) in [6.45, 7) is 3.80. The number of carbonyl (C=O) groups excluding carboxylic acids is 1. The molecule has 4 nitrogen and oxygen atoms in total. The molecule has 0 aromatic carbocycles. The summed E-state index contributed by atoms with van der Waals surface area (Å²) in [5.41, 5.74) is 0. The highest BCUT2D eigenvalue weighted by Gasteiger charge is 2.30. The first-order valence-electron chi connectivity index (χ1n) is 7.31. The van der Waals surface area contributed by atoms with Gasteiger partial charge < -0.3 is 14.5 Å². The Hall–Kier alpha value is -0.260. The van der Waals surface area contributed by atoms with Crippen molar-refractivity contribution in [1.82, 2.24) is 9.80 Å². The van der Waals surface area contributed by atoms with Crippen molar-refractivity contribution in [3.05, 3.63) is 0 Å². The van der Waals surface area contributed by atoms with Gasteiger partial charge in [-0.2, -0.15) is 11.8 Å². The molecule has 0 N–H and O–H groups in total.